The Morgan fingerprint density at radius 2 is 1.89 bits per heavy atom. The van der Waals surface area contributed by atoms with Gasteiger partial charge in [-0.2, -0.15) is 0 Å². The maximum absolute atomic E-state index is 12.3. The maximum atomic E-state index is 12.3. The Labute approximate surface area is 169 Å². The Bertz CT molecular complexity index is 898. The van der Waals surface area contributed by atoms with Crippen LogP contribution >= 0.6 is 11.8 Å². The lowest BCUT2D eigenvalue weighted by Crippen LogP contribution is -2.29. The number of benzene rings is 2. The molecule has 28 heavy (non-hydrogen) atoms. The van der Waals surface area contributed by atoms with Crippen LogP contribution in [0, 0.1) is 0 Å². The zero-order valence-corrected chi connectivity index (χ0v) is 17.0. The van der Waals surface area contributed by atoms with Crippen molar-refractivity contribution < 1.29 is 4.79 Å². The van der Waals surface area contributed by atoms with E-state index in [0.717, 1.165) is 35.6 Å². The molecular formula is C22H26N4OS. The number of anilines is 2. The summed E-state index contributed by atoms with van der Waals surface area (Å²) in [7, 11) is 0. The van der Waals surface area contributed by atoms with Gasteiger partial charge in [0.1, 0.15) is 5.82 Å². The number of hydrogen-bond donors (Lipinski definition) is 2. The van der Waals surface area contributed by atoms with Gasteiger partial charge in [-0.1, -0.05) is 12.1 Å². The van der Waals surface area contributed by atoms with E-state index in [1.165, 1.54) is 24.9 Å². The number of imidazole rings is 1. The van der Waals surface area contributed by atoms with Crippen molar-refractivity contribution in [1.82, 2.24) is 9.97 Å². The van der Waals surface area contributed by atoms with Gasteiger partial charge in [0.2, 0.25) is 5.91 Å². The molecule has 1 amide bonds. The number of thioether (sulfide) groups is 1. The van der Waals surface area contributed by atoms with Crippen molar-refractivity contribution in [2.45, 2.75) is 31.4 Å². The molecule has 0 radical (unpaired) electrons. The normalized spacial score (nSPS) is 15.5. The molecule has 1 atom stereocenters. The largest absolute Gasteiger partial charge is 0.372 e. The molecule has 0 unspecified atom stereocenters. The molecule has 5 nitrogen and oxygen atoms in total. The van der Waals surface area contributed by atoms with Crippen LogP contribution in [0.3, 0.4) is 0 Å². The predicted molar refractivity (Wildman–Crippen MR) is 118 cm³/mol. The molecule has 146 valence electrons. The van der Waals surface area contributed by atoms with Gasteiger partial charge in [-0.15, -0.1) is 11.8 Å². The molecule has 6 heteroatoms. The third-order valence-corrected chi connectivity index (χ3v) is 6.28. The van der Waals surface area contributed by atoms with E-state index >= 15 is 0 Å². The van der Waals surface area contributed by atoms with Crippen molar-refractivity contribution in [1.29, 1.82) is 0 Å². The lowest BCUT2D eigenvalue weighted by molar-refractivity contribution is -0.113. The van der Waals surface area contributed by atoms with Crippen molar-refractivity contribution >= 4 is 40.1 Å². The molecule has 1 aliphatic heterocycles. The number of H-pyrrole nitrogens is 1. The fourth-order valence-electron chi connectivity index (χ4n) is 3.55. The first-order valence-corrected chi connectivity index (χ1v) is 10.9. The number of hydrogen-bond acceptors (Lipinski definition) is 4. The molecule has 3 aromatic rings. The van der Waals surface area contributed by atoms with Crippen LogP contribution in [-0.4, -0.2) is 34.7 Å². The van der Waals surface area contributed by atoms with Gasteiger partial charge < -0.3 is 15.2 Å². The summed E-state index contributed by atoms with van der Waals surface area (Å²) in [4.78, 5) is 22.7. The van der Waals surface area contributed by atoms with Crippen molar-refractivity contribution in [3.63, 3.8) is 0 Å². The average Bonchev–Trinajstić information content (AvgIpc) is 3.18. The fraction of sp³-hybridized carbons (Fsp3) is 0.364. The highest BCUT2D eigenvalue weighted by Crippen LogP contribution is 2.28. The highest BCUT2D eigenvalue weighted by atomic mass is 32.2. The number of nitrogens with one attached hydrogen (secondary N) is 2. The van der Waals surface area contributed by atoms with Gasteiger partial charge in [-0.25, -0.2) is 4.98 Å². The molecule has 2 aromatic carbocycles. The Morgan fingerprint density at radius 3 is 2.64 bits per heavy atom. The van der Waals surface area contributed by atoms with Crippen LogP contribution < -0.4 is 10.2 Å². The zero-order chi connectivity index (χ0) is 19.3. The van der Waals surface area contributed by atoms with Crippen LogP contribution in [0.4, 0.5) is 11.4 Å². The molecule has 4 rings (SSSR count). The van der Waals surface area contributed by atoms with Crippen molar-refractivity contribution in [2.24, 2.45) is 0 Å². The topological polar surface area (TPSA) is 61.0 Å². The molecule has 0 saturated carbocycles. The van der Waals surface area contributed by atoms with Gasteiger partial charge in [0.15, 0.2) is 0 Å². The number of amides is 1. The molecular weight excluding hydrogens is 368 g/mol. The molecule has 1 saturated heterocycles. The second-order valence-corrected chi connectivity index (χ2v) is 8.56. The second-order valence-electron chi connectivity index (χ2n) is 7.24. The van der Waals surface area contributed by atoms with Gasteiger partial charge in [-0.3, -0.25) is 4.79 Å². The van der Waals surface area contributed by atoms with Gasteiger partial charge in [0.05, 0.1) is 22.0 Å². The summed E-state index contributed by atoms with van der Waals surface area (Å²) in [5, 5.41) is 3.12. The molecule has 2 N–H and O–H groups in total. The van der Waals surface area contributed by atoms with Crippen molar-refractivity contribution in [3.05, 3.63) is 54.4 Å². The SMILES string of the molecule is C[C@@H](SCC(=O)Nc1ccc(N2CCCCC2)cc1)c1nc2ccccc2[nH]1. The Balaban J connectivity index is 1.29. The summed E-state index contributed by atoms with van der Waals surface area (Å²) in [6.45, 7) is 4.33. The van der Waals surface area contributed by atoms with Crippen LogP contribution in [-0.2, 0) is 4.79 Å². The number of fused-ring (bicyclic) bond motifs is 1. The van der Waals surface area contributed by atoms with E-state index in [0.29, 0.717) is 5.75 Å². The first-order valence-electron chi connectivity index (χ1n) is 9.90. The summed E-state index contributed by atoms with van der Waals surface area (Å²) in [5.41, 5.74) is 4.08. The molecule has 0 bridgehead atoms. The lowest BCUT2D eigenvalue weighted by Gasteiger charge is -2.28. The molecule has 2 heterocycles. The van der Waals surface area contributed by atoms with Crippen molar-refractivity contribution in [2.75, 3.05) is 29.1 Å². The molecule has 0 aliphatic carbocycles. The first kappa shape index (κ1) is 18.9. The van der Waals surface area contributed by atoms with Gasteiger partial charge in [-0.05, 0) is 62.6 Å². The van der Waals surface area contributed by atoms with Crippen LogP contribution in [0.1, 0.15) is 37.3 Å². The molecule has 1 aromatic heterocycles. The number of para-hydroxylation sites is 2. The van der Waals surface area contributed by atoms with E-state index in [1.807, 2.05) is 36.4 Å². The molecule has 1 fully saturated rings. The Morgan fingerprint density at radius 1 is 1.14 bits per heavy atom. The number of aromatic nitrogens is 2. The van der Waals surface area contributed by atoms with E-state index in [1.54, 1.807) is 11.8 Å². The standard InChI is InChI=1S/C22H26N4OS/c1-16(22-24-19-7-3-4-8-20(19)25-22)28-15-21(27)23-17-9-11-18(12-10-17)26-13-5-2-6-14-26/h3-4,7-12,16H,2,5-6,13-15H2,1H3,(H,23,27)(H,24,25)/t16-/m1/s1. The van der Waals surface area contributed by atoms with E-state index in [-0.39, 0.29) is 11.2 Å². The van der Waals surface area contributed by atoms with Crippen LogP contribution in [0.25, 0.3) is 11.0 Å². The molecule has 0 spiro atoms. The van der Waals surface area contributed by atoms with Crippen LogP contribution in [0.2, 0.25) is 0 Å². The minimum Gasteiger partial charge on any atom is -0.372 e. The van der Waals surface area contributed by atoms with Gasteiger partial charge in [0, 0.05) is 24.5 Å². The summed E-state index contributed by atoms with van der Waals surface area (Å²) in [6.07, 6.45) is 3.85. The Hall–Kier alpha value is -2.47. The minimum atomic E-state index is 0.0127. The number of nitrogens with zero attached hydrogens (tertiary/aromatic N) is 2. The Kier molecular flexibility index (Phi) is 5.86. The fourth-order valence-corrected chi connectivity index (χ4v) is 4.29. The number of carbonyl (C=O) groups excluding carboxylic acids is 1. The third-order valence-electron chi connectivity index (χ3n) is 5.13. The van der Waals surface area contributed by atoms with Crippen molar-refractivity contribution in [3.8, 4) is 0 Å². The van der Waals surface area contributed by atoms with E-state index in [4.69, 9.17) is 0 Å². The van der Waals surface area contributed by atoms with Gasteiger partial charge >= 0.3 is 0 Å². The lowest BCUT2D eigenvalue weighted by atomic mass is 10.1. The molecule has 1 aliphatic rings. The number of carbonyl (C=O) groups is 1. The summed E-state index contributed by atoms with van der Waals surface area (Å²) >= 11 is 1.58. The van der Waals surface area contributed by atoms with E-state index in [9.17, 15) is 4.79 Å². The minimum absolute atomic E-state index is 0.0127. The number of rotatable bonds is 6. The average molecular weight is 395 g/mol. The first-order chi connectivity index (χ1) is 13.7. The summed E-state index contributed by atoms with van der Waals surface area (Å²) in [5.74, 6) is 1.31. The number of piperidine rings is 1. The quantitative estimate of drug-likeness (QED) is 0.619. The monoisotopic (exact) mass is 394 g/mol. The van der Waals surface area contributed by atoms with E-state index in [2.05, 4.69) is 39.2 Å². The summed E-state index contributed by atoms with van der Waals surface area (Å²) in [6, 6.07) is 16.2. The third kappa shape index (κ3) is 4.50. The zero-order valence-electron chi connectivity index (χ0n) is 16.1. The highest BCUT2D eigenvalue weighted by molar-refractivity contribution is 8.00. The highest BCUT2D eigenvalue weighted by Gasteiger charge is 2.14. The maximum Gasteiger partial charge on any atom is 0.234 e. The predicted octanol–water partition coefficient (Wildman–Crippen LogP) is 4.99. The summed E-state index contributed by atoms with van der Waals surface area (Å²) < 4.78 is 0. The van der Waals surface area contributed by atoms with E-state index < -0.39 is 0 Å². The smallest absolute Gasteiger partial charge is 0.234 e. The van der Waals surface area contributed by atoms with Gasteiger partial charge in [0.25, 0.3) is 0 Å². The van der Waals surface area contributed by atoms with Crippen LogP contribution in [0.5, 0.6) is 0 Å². The van der Waals surface area contributed by atoms with Crippen LogP contribution in [0.15, 0.2) is 48.5 Å². The second kappa shape index (κ2) is 8.69. The number of aromatic amines is 1.